The molecular weight excluding hydrogens is 212 g/mol. The van der Waals surface area contributed by atoms with Crippen molar-refractivity contribution >= 4 is 5.82 Å². The molecule has 2 aliphatic rings. The Bertz CT molecular complexity index is 437. The normalized spacial score (nSPS) is 27.6. The monoisotopic (exact) mass is 228 g/mol. The number of nitrogens with one attached hydrogen (secondary N) is 1. The predicted octanol–water partition coefficient (Wildman–Crippen LogP) is 1.14. The Morgan fingerprint density at radius 2 is 2.41 bits per heavy atom. The van der Waals surface area contributed by atoms with Gasteiger partial charge in [0, 0.05) is 25.3 Å². The van der Waals surface area contributed by atoms with Gasteiger partial charge in [-0.1, -0.05) is 0 Å². The van der Waals surface area contributed by atoms with Crippen molar-refractivity contribution in [3.05, 3.63) is 23.9 Å². The van der Waals surface area contributed by atoms with Crippen LogP contribution < -0.4 is 10.2 Å². The summed E-state index contributed by atoms with van der Waals surface area (Å²) < 4.78 is 0. The molecule has 2 saturated heterocycles. The third kappa shape index (κ3) is 1.98. The lowest BCUT2D eigenvalue weighted by Crippen LogP contribution is -2.40. The Balaban J connectivity index is 1.79. The minimum atomic E-state index is 0.608. The van der Waals surface area contributed by atoms with Gasteiger partial charge in [0.2, 0.25) is 0 Å². The summed E-state index contributed by atoms with van der Waals surface area (Å²) in [5, 5.41) is 12.5. The molecule has 88 valence electrons. The smallest absolute Gasteiger partial charge is 0.129 e. The second-order valence-electron chi connectivity index (χ2n) is 4.88. The first kappa shape index (κ1) is 10.5. The van der Waals surface area contributed by atoms with Gasteiger partial charge in [0.25, 0.3) is 0 Å². The predicted molar refractivity (Wildman–Crippen MR) is 65.7 cm³/mol. The van der Waals surface area contributed by atoms with Crippen LogP contribution in [0, 0.1) is 17.2 Å². The molecule has 0 aliphatic carbocycles. The zero-order valence-corrected chi connectivity index (χ0v) is 9.76. The van der Waals surface area contributed by atoms with Crippen LogP contribution in [0.2, 0.25) is 0 Å². The highest BCUT2D eigenvalue weighted by atomic mass is 15.2. The van der Waals surface area contributed by atoms with Gasteiger partial charge in [0.15, 0.2) is 0 Å². The van der Waals surface area contributed by atoms with E-state index in [4.69, 9.17) is 5.26 Å². The highest BCUT2D eigenvalue weighted by Gasteiger charge is 2.34. The van der Waals surface area contributed by atoms with Gasteiger partial charge in [-0.2, -0.15) is 5.26 Å². The fraction of sp³-hybridized carbons (Fsp3) is 0.538. The average Bonchev–Trinajstić information content (AvgIpc) is 2.82. The Hall–Kier alpha value is -1.60. The summed E-state index contributed by atoms with van der Waals surface area (Å²) in [4.78, 5) is 6.67. The Kier molecular flexibility index (Phi) is 2.69. The molecule has 0 bridgehead atoms. The van der Waals surface area contributed by atoms with Crippen LogP contribution in [0.4, 0.5) is 5.82 Å². The molecule has 17 heavy (non-hydrogen) atoms. The van der Waals surface area contributed by atoms with Crippen LogP contribution >= 0.6 is 0 Å². The first-order chi connectivity index (χ1) is 8.36. The highest BCUT2D eigenvalue weighted by Crippen LogP contribution is 2.28. The van der Waals surface area contributed by atoms with E-state index in [9.17, 15) is 0 Å². The van der Waals surface area contributed by atoms with Gasteiger partial charge >= 0.3 is 0 Å². The van der Waals surface area contributed by atoms with Gasteiger partial charge in [-0.3, -0.25) is 0 Å². The van der Waals surface area contributed by atoms with E-state index < -0.39 is 0 Å². The van der Waals surface area contributed by atoms with Crippen molar-refractivity contribution in [2.24, 2.45) is 5.92 Å². The van der Waals surface area contributed by atoms with E-state index in [2.05, 4.69) is 21.3 Å². The molecule has 3 rings (SSSR count). The minimum Gasteiger partial charge on any atom is -0.355 e. The number of piperidine rings is 1. The van der Waals surface area contributed by atoms with E-state index in [1.54, 1.807) is 12.3 Å². The zero-order valence-electron chi connectivity index (χ0n) is 9.76. The van der Waals surface area contributed by atoms with Crippen molar-refractivity contribution in [1.82, 2.24) is 10.3 Å². The van der Waals surface area contributed by atoms with Gasteiger partial charge in [-0.05, 0) is 37.4 Å². The molecule has 3 heterocycles. The van der Waals surface area contributed by atoms with Crippen LogP contribution in [0.1, 0.15) is 18.4 Å². The summed E-state index contributed by atoms with van der Waals surface area (Å²) >= 11 is 0. The fourth-order valence-corrected chi connectivity index (χ4v) is 2.89. The van der Waals surface area contributed by atoms with Crippen molar-refractivity contribution in [2.45, 2.75) is 18.9 Å². The maximum absolute atomic E-state index is 8.90. The summed E-state index contributed by atoms with van der Waals surface area (Å²) in [6.45, 7) is 3.23. The molecule has 0 radical (unpaired) electrons. The second kappa shape index (κ2) is 4.34. The molecule has 1 aromatic rings. The summed E-state index contributed by atoms with van der Waals surface area (Å²) in [6, 6.07) is 6.42. The number of nitriles is 1. The molecule has 2 aliphatic heterocycles. The summed E-state index contributed by atoms with van der Waals surface area (Å²) in [5.41, 5.74) is 0.692. The van der Waals surface area contributed by atoms with Crippen LogP contribution in [-0.4, -0.2) is 30.7 Å². The highest BCUT2D eigenvalue weighted by molar-refractivity contribution is 5.46. The maximum atomic E-state index is 8.90. The number of nitrogens with zero attached hydrogens (tertiary/aromatic N) is 3. The molecule has 1 aromatic heterocycles. The van der Waals surface area contributed by atoms with Crippen LogP contribution in [0.5, 0.6) is 0 Å². The molecule has 0 saturated carbocycles. The van der Waals surface area contributed by atoms with Crippen molar-refractivity contribution in [1.29, 1.82) is 5.26 Å². The van der Waals surface area contributed by atoms with E-state index in [0.717, 1.165) is 31.4 Å². The number of rotatable bonds is 1. The number of aromatic nitrogens is 1. The van der Waals surface area contributed by atoms with E-state index in [0.29, 0.717) is 11.6 Å². The lowest BCUT2D eigenvalue weighted by Gasteiger charge is -2.24. The van der Waals surface area contributed by atoms with Gasteiger partial charge in [0.1, 0.15) is 5.82 Å². The molecule has 4 nitrogen and oxygen atoms in total. The van der Waals surface area contributed by atoms with E-state index >= 15 is 0 Å². The molecule has 0 spiro atoms. The van der Waals surface area contributed by atoms with Crippen LogP contribution in [-0.2, 0) is 0 Å². The molecule has 0 amide bonds. The minimum absolute atomic E-state index is 0.608. The number of pyridine rings is 1. The van der Waals surface area contributed by atoms with Crippen LogP contribution in [0.25, 0.3) is 0 Å². The standard InChI is InChI=1S/C13H16N4/c14-7-10-3-5-16-13(6-10)17-8-11-2-1-4-15-12(11)9-17/h3,5-6,11-12,15H,1-2,4,8-9H2. The van der Waals surface area contributed by atoms with Gasteiger partial charge in [0.05, 0.1) is 11.6 Å². The lowest BCUT2D eigenvalue weighted by molar-refractivity contribution is 0.340. The van der Waals surface area contributed by atoms with E-state index in [1.807, 2.05) is 6.07 Å². The summed E-state index contributed by atoms with van der Waals surface area (Å²) in [5.74, 6) is 1.69. The van der Waals surface area contributed by atoms with Crippen LogP contribution in [0.15, 0.2) is 18.3 Å². The number of anilines is 1. The Morgan fingerprint density at radius 3 is 3.24 bits per heavy atom. The third-order valence-electron chi connectivity index (χ3n) is 3.80. The van der Waals surface area contributed by atoms with Crippen molar-refractivity contribution < 1.29 is 0 Å². The first-order valence-corrected chi connectivity index (χ1v) is 6.21. The average molecular weight is 228 g/mol. The number of hydrogen-bond acceptors (Lipinski definition) is 4. The second-order valence-corrected chi connectivity index (χ2v) is 4.88. The van der Waals surface area contributed by atoms with Crippen molar-refractivity contribution in [3.8, 4) is 6.07 Å². The molecule has 2 atom stereocenters. The zero-order chi connectivity index (χ0) is 11.7. The molecule has 2 fully saturated rings. The molecule has 2 unspecified atom stereocenters. The van der Waals surface area contributed by atoms with Crippen LogP contribution in [0.3, 0.4) is 0 Å². The third-order valence-corrected chi connectivity index (χ3v) is 3.80. The van der Waals surface area contributed by atoms with Crippen molar-refractivity contribution in [2.75, 3.05) is 24.5 Å². The first-order valence-electron chi connectivity index (χ1n) is 6.21. The largest absolute Gasteiger partial charge is 0.355 e. The van der Waals surface area contributed by atoms with E-state index in [-0.39, 0.29) is 0 Å². The summed E-state index contributed by atoms with van der Waals surface area (Å²) in [6.07, 6.45) is 4.32. The maximum Gasteiger partial charge on any atom is 0.129 e. The Morgan fingerprint density at radius 1 is 1.47 bits per heavy atom. The number of fused-ring (bicyclic) bond motifs is 1. The topological polar surface area (TPSA) is 52.0 Å². The molecule has 4 heteroatoms. The number of hydrogen-bond donors (Lipinski definition) is 1. The molecular formula is C13H16N4. The Labute approximate surface area is 101 Å². The van der Waals surface area contributed by atoms with Crippen molar-refractivity contribution in [3.63, 3.8) is 0 Å². The van der Waals surface area contributed by atoms with Gasteiger partial charge < -0.3 is 10.2 Å². The molecule has 0 aromatic carbocycles. The summed E-state index contributed by atoms with van der Waals surface area (Å²) in [7, 11) is 0. The lowest BCUT2D eigenvalue weighted by atomic mass is 9.94. The van der Waals surface area contributed by atoms with Gasteiger partial charge in [-0.15, -0.1) is 0 Å². The SMILES string of the molecule is N#Cc1ccnc(N2CC3CCCNC3C2)c1. The van der Waals surface area contributed by atoms with E-state index in [1.165, 1.54) is 12.8 Å². The molecule has 1 N–H and O–H groups in total. The van der Waals surface area contributed by atoms with Gasteiger partial charge in [-0.25, -0.2) is 4.98 Å². The quantitative estimate of drug-likeness (QED) is 0.783. The fourth-order valence-electron chi connectivity index (χ4n) is 2.89.